The van der Waals surface area contributed by atoms with Crippen molar-refractivity contribution in [1.29, 1.82) is 0 Å². The van der Waals surface area contributed by atoms with Gasteiger partial charge in [0, 0.05) is 0 Å². The quantitative estimate of drug-likeness (QED) is 0.761. The summed E-state index contributed by atoms with van der Waals surface area (Å²) in [5, 5.41) is 10.0. The summed E-state index contributed by atoms with van der Waals surface area (Å²) >= 11 is 1.80. The lowest BCUT2D eigenvalue weighted by atomic mass is 10.0. The standard InChI is InChI=1S/C13H20O3S/c1-15-12-7-6-10(9-13(12)16-2)11(14)5-4-8-17-3/h6-7,9,11,14H,4-5,8H2,1-3H3. The highest BCUT2D eigenvalue weighted by atomic mass is 32.2. The van der Waals surface area contributed by atoms with Gasteiger partial charge in [-0.25, -0.2) is 0 Å². The Morgan fingerprint density at radius 3 is 2.53 bits per heavy atom. The Hall–Kier alpha value is -0.870. The molecular weight excluding hydrogens is 236 g/mol. The monoisotopic (exact) mass is 256 g/mol. The molecule has 0 heterocycles. The Labute approximate surface area is 107 Å². The molecule has 1 aromatic rings. The molecule has 96 valence electrons. The Bertz CT molecular complexity index is 341. The van der Waals surface area contributed by atoms with Gasteiger partial charge in [-0.05, 0) is 42.5 Å². The third-order valence-electron chi connectivity index (χ3n) is 2.62. The van der Waals surface area contributed by atoms with Crippen molar-refractivity contribution in [3.05, 3.63) is 23.8 Å². The zero-order chi connectivity index (χ0) is 12.7. The molecule has 3 nitrogen and oxygen atoms in total. The van der Waals surface area contributed by atoms with Gasteiger partial charge in [0.15, 0.2) is 11.5 Å². The molecule has 0 radical (unpaired) electrons. The van der Waals surface area contributed by atoms with Crippen LogP contribution >= 0.6 is 11.8 Å². The van der Waals surface area contributed by atoms with Crippen molar-refractivity contribution in [3.63, 3.8) is 0 Å². The Morgan fingerprint density at radius 2 is 1.94 bits per heavy atom. The van der Waals surface area contributed by atoms with Gasteiger partial charge in [0.1, 0.15) is 0 Å². The zero-order valence-electron chi connectivity index (χ0n) is 10.6. The largest absolute Gasteiger partial charge is 0.493 e. The van der Waals surface area contributed by atoms with Crippen LogP contribution in [0.1, 0.15) is 24.5 Å². The van der Waals surface area contributed by atoms with E-state index in [0.717, 1.165) is 24.2 Å². The normalized spacial score (nSPS) is 12.2. The minimum absolute atomic E-state index is 0.429. The van der Waals surface area contributed by atoms with Crippen LogP contribution < -0.4 is 9.47 Å². The van der Waals surface area contributed by atoms with Crippen LogP contribution in [0.15, 0.2) is 18.2 Å². The maximum atomic E-state index is 10.0. The Morgan fingerprint density at radius 1 is 1.24 bits per heavy atom. The van der Waals surface area contributed by atoms with E-state index < -0.39 is 6.10 Å². The van der Waals surface area contributed by atoms with Crippen LogP contribution in [-0.2, 0) is 0 Å². The lowest BCUT2D eigenvalue weighted by Gasteiger charge is -2.13. The summed E-state index contributed by atoms with van der Waals surface area (Å²) in [5.41, 5.74) is 0.878. The van der Waals surface area contributed by atoms with Crippen LogP contribution in [0.2, 0.25) is 0 Å². The van der Waals surface area contributed by atoms with Crippen molar-refractivity contribution < 1.29 is 14.6 Å². The molecule has 0 aliphatic heterocycles. The number of ether oxygens (including phenoxy) is 2. The maximum absolute atomic E-state index is 10.0. The van der Waals surface area contributed by atoms with Crippen LogP contribution in [-0.4, -0.2) is 31.3 Å². The van der Waals surface area contributed by atoms with Gasteiger partial charge in [-0.3, -0.25) is 0 Å². The summed E-state index contributed by atoms with van der Waals surface area (Å²) < 4.78 is 10.4. The summed E-state index contributed by atoms with van der Waals surface area (Å²) in [4.78, 5) is 0. The van der Waals surface area contributed by atoms with Crippen molar-refractivity contribution in [3.8, 4) is 11.5 Å². The summed E-state index contributed by atoms with van der Waals surface area (Å²) in [6, 6.07) is 5.54. The van der Waals surface area contributed by atoms with E-state index in [1.165, 1.54) is 0 Å². The van der Waals surface area contributed by atoms with Crippen LogP contribution in [0.25, 0.3) is 0 Å². The minimum Gasteiger partial charge on any atom is -0.493 e. The molecule has 0 aliphatic rings. The molecule has 0 amide bonds. The van der Waals surface area contributed by atoms with Crippen molar-refractivity contribution in [2.45, 2.75) is 18.9 Å². The fraction of sp³-hybridized carbons (Fsp3) is 0.538. The number of aliphatic hydroxyl groups excluding tert-OH is 1. The highest BCUT2D eigenvalue weighted by Crippen LogP contribution is 2.31. The highest BCUT2D eigenvalue weighted by Gasteiger charge is 2.11. The van der Waals surface area contributed by atoms with Gasteiger partial charge in [-0.2, -0.15) is 11.8 Å². The Balaban J connectivity index is 2.70. The van der Waals surface area contributed by atoms with E-state index in [9.17, 15) is 5.11 Å². The summed E-state index contributed by atoms with van der Waals surface area (Å²) in [6.07, 6.45) is 3.43. The minimum atomic E-state index is -0.429. The van der Waals surface area contributed by atoms with Crippen molar-refractivity contribution in [2.24, 2.45) is 0 Å². The number of benzene rings is 1. The number of methoxy groups -OCH3 is 2. The topological polar surface area (TPSA) is 38.7 Å². The molecule has 0 aliphatic carbocycles. The fourth-order valence-electron chi connectivity index (χ4n) is 1.65. The van der Waals surface area contributed by atoms with Gasteiger partial charge in [0.2, 0.25) is 0 Å². The molecule has 0 saturated heterocycles. The smallest absolute Gasteiger partial charge is 0.161 e. The van der Waals surface area contributed by atoms with Gasteiger partial charge in [-0.1, -0.05) is 6.07 Å². The number of rotatable bonds is 7. The lowest BCUT2D eigenvalue weighted by Crippen LogP contribution is -2.00. The number of aliphatic hydroxyl groups is 1. The van der Waals surface area contributed by atoms with Gasteiger partial charge >= 0.3 is 0 Å². The van der Waals surface area contributed by atoms with Gasteiger partial charge in [0.05, 0.1) is 20.3 Å². The first-order chi connectivity index (χ1) is 8.22. The highest BCUT2D eigenvalue weighted by molar-refractivity contribution is 7.98. The lowest BCUT2D eigenvalue weighted by molar-refractivity contribution is 0.166. The molecule has 1 aromatic carbocycles. The van der Waals surface area contributed by atoms with Gasteiger partial charge < -0.3 is 14.6 Å². The summed E-state index contributed by atoms with van der Waals surface area (Å²) in [5.74, 6) is 2.42. The molecule has 4 heteroatoms. The predicted molar refractivity (Wildman–Crippen MR) is 72.1 cm³/mol. The predicted octanol–water partition coefficient (Wildman–Crippen LogP) is 2.88. The summed E-state index contributed by atoms with van der Waals surface area (Å²) in [7, 11) is 3.20. The van der Waals surface area contributed by atoms with Crippen molar-refractivity contribution in [2.75, 3.05) is 26.2 Å². The molecule has 1 N–H and O–H groups in total. The SMILES string of the molecule is COc1ccc(C(O)CCCSC)cc1OC. The van der Waals surface area contributed by atoms with Gasteiger partial charge in [0.25, 0.3) is 0 Å². The van der Waals surface area contributed by atoms with E-state index in [2.05, 4.69) is 6.26 Å². The van der Waals surface area contributed by atoms with E-state index >= 15 is 0 Å². The molecule has 0 bridgehead atoms. The molecule has 1 atom stereocenters. The van der Waals surface area contributed by atoms with Crippen LogP contribution in [0.4, 0.5) is 0 Å². The molecule has 17 heavy (non-hydrogen) atoms. The van der Waals surface area contributed by atoms with Gasteiger partial charge in [-0.15, -0.1) is 0 Å². The van der Waals surface area contributed by atoms with E-state index in [-0.39, 0.29) is 0 Å². The fourth-order valence-corrected chi connectivity index (χ4v) is 2.10. The number of hydrogen-bond donors (Lipinski definition) is 1. The molecule has 0 aromatic heterocycles. The van der Waals surface area contributed by atoms with Crippen LogP contribution in [0.5, 0.6) is 11.5 Å². The van der Waals surface area contributed by atoms with Crippen molar-refractivity contribution in [1.82, 2.24) is 0 Å². The van der Waals surface area contributed by atoms with Crippen molar-refractivity contribution >= 4 is 11.8 Å². The molecular formula is C13H20O3S. The first-order valence-electron chi connectivity index (χ1n) is 5.61. The molecule has 1 unspecified atom stereocenters. The van der Waals surface area contributed by atoms with E-state index in [0.29, 0.717) is 11.5 Å². The second-order valence-corrected chi connectivity index (χ2v) is 4.75. The molecule has 0 spiro atoms. The van der Waals surface area contributed by atoms with E-state index in [1.807, 2.05) is 18.2 Å². The first-order valence-corrected chi connectivity index (χ1v) is 7.01. The van der Waals surface area contributed by atoms with E-state index in [4.69, 9.17) is 9.47 Å². The average molecular weight is 256 g/mol. The second kappa shape index (κ2) is 7.45. The molecule has 0 fully saturated rings. The Kier molecular flexibility index (Phi) is 6.22. The first kappa shape index (κ1) is 14.2. The number of hydrogen-bond acceptors (Lipinski definition) is 4. The summed E-state index contributed by atoms with van der Waals surface area (Å²) in [6.45, 7) is 0. The second-order valence-electron chi connectivity index (χ2n) is 3.77. The average Bonchev–Trinajstić information content (AvgIpc) is 2.38. The molecule has 1 rings (SSSR count). The maximum Gasteiger partial charge on any atom is 0.161 e. The number of thioether (sulfide) groups is 1. The third-order valence-corrected chi connectivity index (χ3v) is 3.32. The zero-order valence-corrected chi connectivity index (χ0v) is 11.4. The van der Waals surface area contributed by atoms with Crippen LogP contribution in [0.3, 0.4) is 0 Å². The third kappa shape index (κ3) is 4.13. The van der Waals surface area contributed by atoms with E-state index in [1.54, 1.807) is 26.0 Å². The molecule has 0 saturated carbocycles. The van der Waals surface area contributed by atoms with Crippen LogP contribution in [0, 0.1) is 0 Å².